The lowest BCUT2D eigenvalue weighted by Crippen LogP contribution is -2.38. The van der Waals surface area contributed by atoms with Crippen molar-refractivity contribution in [3.63, 3.8) is 0 Å². The second-order valence-electron chi connectivity index (χ2n) is 5.74. The number of amides is 1. The van der Waals surface area contributed by atoms with E-state index in [1.54, 1.807) is 0 Å². The van der Waals surface area contributed by atoms with Gasteiger partial charge < -0.3 is 10.6 Å². The zero-order chi connectivity index (χ0) is 14.2. The number of nitrogens with two attached hydrogens (primary N) is 1. The minimum Gasteiger partial charge on any atom is -0.343 e. The molecule has 1 saturated heterocycles. The lowest BCUT2D eigenvalue weighted by atomic mass is 9.90. The molecule has 0 aliphatic carbocycles. The fraction of sp³-hybridized carbons (Fsp3) is 0.588. The Morgan fingerprint density at radius 1 is 1.20 bits per heavy atom. The maximum Gasteiger partial charge on any atom is 0.222 e. The zero-order valence-corrected chi connectivity index (χ0v) is 12.3. The molecule has 0 radical (unpaired) electrons. The molecule has 1 amide bonds. The molecule has 1 aromatic carbocycles. The first-order chi connectivity index (χ1) is 9.79. The van der Waals surface area contributed by atoms with Gasteiger partial charge in [0.15, 0.2) is 0 Å². The Labute approximate surface area is 122 Å². The van der Waals surface area contributed by atoms with Crippen LogP contribution in [0.5, 0.6) is 0 Å². The molecule has 3 nitrogen and oxygen atoms in total. The number of carbonyl (C=O) groups excluding carboxylic acids is 1. The summed E-state index contributed by atoms with van der Waals surface area (Å²) in [6, 6.07) is 10.7. The smallest absolute Gasteiger partial charge is 0.222 e. The largest absolute Gasteiger partial charge is 0.343 e. The van der Waals surface area contributed by atoms with Gasteiger partial charge in [0.25, 0.3) is 0 Å². The number of hydrogen-bond acceptors (Lipinski definition) is 2. The summed E-state index contributed by atoms with van der Waals surface area (Å²) in [7, 11) is 0. The van der Waals surface area contributed by atoms with Crippen molar-refractivity contribution in [2.24, 2.45) is 11.7 Å². The van der Waals surface area contributed by atoms with Crippen LogP contribution in [0.25, 0.3) is 0 Å². The molecule has 2 rings (SSSR count). The van der Waals surface area contributed by atoms with Crippen LogP contribution >= 0.6 is 0 Å². The van der Waals surface area contributed by atoms with E-state index in [0.717, 1.165) is 44.7 Å². The number of likely N-dealkylation sites (tertiary alicyclic amines) is 1. The van der Waals surface area contributed by atoms with Gasteiger partial charge in [-0.1, -0.05) is 30.3 Å². The summed E-state index contributed by atoms with van der Waals surface area (Å²) in [6.07, 6.45) is 6.14. The quantitative estimate of drug-likeness (QED) is 0.866. The topological polar surface area (TPSA) is 46.3 Å². The molecule has 3 heteroatoms. The maximum absolute atomic E-state index is 11.9. The van der Waals surface area contributed by atoms with E-state index < -0.39 is 0 Å². The van der Waals surface area contributed by atoms with Gasteiger partial charge in [-0.05, 0) is 50.1 Å². The predicted octanol–water partition coefficient (Wildman–Crippen LogP) is 2.60. The fourth-order valence-electron chi connectivity index (χ4n) is 2.90. The molecule has 1 aromatic rings. The second kappa shape index (κ2) is 8.05. The van der Waals surface area contributed by atoms with Crippen LogP contribution in [0.3, 0.4) is 0 Å². The fourth-order valence-corrected chi connectivity index (χ4v) is 2.90. The summed E-state index contributed by atoms with van der Waals surface area (Å²) in [4.78, 5) is 13.9. The first kappa shape index (κ1) is 15.0. The number of hydrogen-bond donors (Lipinski definition) is 1. The molecule has 0 atom stereocenters. The van der Waals surface area contributed by atoms with Crippen LogP contribution in [-0.2, 0) is 11.2 Å². The molecule has 0 unspecified atom stereocenters. The van der Waals surface area contributed by atoms with E-state index in [1.165, 1.54) is 12.0 Å². The van der Waals surface area contributed by atoms with Gasteiger partial charge in [-0.2, -0.15) is 0 Å². The van der Waals surface area contributed by atoms with Crippen molar-refractivity contribution in [3.8, 4) is 0 Å². The highest BCUT2D eigenvalue weighted by molar-refractivity contribution is 5.76. The van der Waals surface area contributed by atoms with Crippen LogP contribution in [-0.4, -0.2) is 30.4 Å². The molecule has 1 aliphatic rings. The van der Waals surface area contributed by atoms with Crippen LogP contribution < -0.4 is 5.73 Å². The predicted molar refractivity (Wildman–Crippen MR) is 82.4 cm³/mol. The minimum atomic E-state index is 0.289. The number of rotatable bonds is 6. The molecule has 20 heavy (non-hydrogen) atoms. The number of benzene rings is 1. The van der Waals surface area contributed by atoms with E-state index in [0.29, 0.717) is 13.0 Å². The van der Waals surface area contributed by atoms with Gasteiger partial charge >= 0.3 is 0 Å². The summed E-state index contributed by atoms with van der Waals surface area (Å²) >= 11 is 0. The van der Waals surface area contributed by atoms with Crippen LogP contribution in [0, 0.1) is 5.92 Å². The van der Waals surface area contributed by atoms with Crippen molar-refractivity contribution in [2.75, 3.05) is 19.6 Å². The Morgan fingerprint density at radius 2 is 1.90 bits per heavy atom. The molecular weight excluding hydrogens is 248 g/mol. The summed E-state index contributed by atoms with van der Waals surface area (Å²) in [6.45, 7) is 2.48. The normalized spacial score (nSPS) is 16.4. The number of piperidine rings is 1. The molecule has 0 aromatic heterocycles. The molecule has 1 heterocycles. The monoisotopic (exact) mass is 274 g/mol. The van der Waals surface area contributed by atoms with Crippen molar-refractivity contribution in [2.45, 2.75) is 38.5 Å². The van der Waals surface area contributed by atoms with Crippen molar-refractivity contribution >= 4 is 5.91 Å². The molecule has 0 bridgehead atoms. The number of nitrogens with zero attached hydrogens (tertiary/aromatic N) is 1. The van der Waals surface area contributed by atoms with Crippen LogP contribution in [0.4, 0.5) is 0 Å². The molecule has 1 aliphatic heterocycles. The van der Waals surface area contributed by atoms with Crippen LogP contribution in [0.2, 0.25) is 0 Å². The number of aryl methyl sites for hydroxylation is 1. The zero-order valence-electron chi connectivity index (χ0n) is 12.3. The van der Waals surface area contributed by atoms with Gasteiger partial charge in [0.05, 0.1) is 0 Å². The third-order valence-corrected chi connectivity index (χ3v) is 4.25. The molecule has 0 saturated carbocycles. The summed E-state index contributed by atoms with van der Waals surface area (Å²) in [5.74, 6) is 1.06. The van der Waals surface area contributed by atoms with Crippen molar-refractivity contribution in [1.82, 2.24) is 4.90 Å². The standard InChI is InChI=1S/C17H26N2O/c18-12-4-7-17(20)19-13-10-16(11-14-19)9-8-15-5-2-1-3-6-15/h1-3,5-6,16H,4,7-14,18H2. The van der Waals surface area contributed by atoms with E-state index in [-0.39, 0.29) is 5.91 Å². The highest BCUT2D eigenvalue weighted by Crippen LogP contribution is 2.22. The van der Waals surface area contributed by atoms with E-state index in [2.05, 4.69) is 30.3 Å². The third kappa shape index (κ3) is 4.64. The van der Waals surface area contributed by atoms with Gasteiger partial charge in [-0.3, -0.25) is 4.79 Å². The van der Waals surface area contributed by atoms with E-state index in [1.807, 2.05) is 4.90 Å². The third-order valence-electron chi connectivity index (χ3n) is 4.25. The lowest BCUT2D eigenvalue weighted by molar-refractivity contribution is -0.132. The van der Waals surface area contributed by atoms with E-state index in [4.69, 9.17) is 5.73 Å². The Bertz CT molecular complexity index is 397. The van der Waals surface area contributed by atoms with E-state index in [9.17, 15) is 4.79 Å². The minimum absolute atomic E-state index is 0.289. The number of carbonyl (C=O) groups is 1. The van der Waals surface area contributed by atoms with Gasteiger partial charge in [0.2, 0.25) is 5.91 Å². The molecule has 1 fully saturated rings. The summed E-state index contributed by atoms with van der Waals surface area (Å²) in [5.41, 5.74) is 6.88. The molecule has 0 spiro atoms. The van der Waals surface area contributed by atoms with Crippen LogP contribution in [0.1, 0.15) is 37.7 Å². The Morgan fingerprint density at radius 3 is 2.55 bits per heavy atom. The Kier molecular flexibility index (Phi) is 6.06. The lowest BCUT2D eigenvalue weighted by Gasteiger charge is -2.32. The first-order valence-corrected chi connectivity index (χ1v) is 7.81. The summed E-state index contributed by atoms with van der Waals surface area (Å²) < 4.78 is 0. The molecular formula is C17H26N2O. The highest BCUT2D eigenvalue weighted by Gasteiger charge is 2.21. The van der Waals surface area contributed by atoms with Crippen molar-refractivity contribution < 1.29 is 4.79 Å². The average Bonchev–Trinajstić information content (AvgIpc) is 2.52. The van der Waals surface area contributed by atoms with Crippen LogP contribution in [0.15, 0.2) is 30.3 Å². The van der Waals surface area contributed by atoms with Gasteiger partial charge in [0.1, 0.15) is 0 Å². The van der Waals surface area contributed by atoms with Gasteiger partial charge in [-0.15, -0.1) is 0 Å². The van der Waals surface area contributed by atoms with Gasteiger partial charge in [-0.25, -0.2) is 0 Å². The van der Waals surface area contributed by atoms with Gasteiger partial charge in [0, 0.05) is 19.5 Å². The van der Waals surface area contributed by atoms with Crippen molar-refractivity contribution in [3.05, 3.63) is 35.9 Å². The van der Waals surface area contributed by atoms with E-state index >= 15 is 0 Å². The SMILES string of the molecule is NCCCC(=O)N1CCC(CCc2ccccc2)CC1. The Balaban J connectivity index is 1.68. The highest BCUT2D eigenvalue weighted by atomic mass is 16.2. The maximum atomic E-state index is 11.9. The second-order valence-corrected chi connectivity index (χ2v) is 5.74. The first-order valence-electron chi connectivity index (χ1n) is 7.81. The Hall–Kier alpha value is -1.35. The van der Waals surface area contributed by atoms with Crippen molar-refractivity contribution in [1.29, 1.82) is 0 Å². The molecule has 110 valence electrons. The average molecular weight is 274 g/mol. The summed E-state index contributed by atoms with van der Waals surface area (Å²) in [5, 5.41) is 0. The molecule has 2 N–H and O–H groups in total.